The van der Waals surface area contributed by atoms with Crippen molar-refractivity contribution in [3.8, 4) is 0 Å². The van der Waals surface area contributed by atoms with Crippen molar-refractivity contribution in [2.45, 2.75) is 26.7 Å². The molecule has 5 N–H and O–H groups in total. The van der Waals surface area contributed by atoms with E-state index in [1.807, 2.05) is 13.8 Å². The van der Waals surface area contributed by atoms with Gasteiger partial charge in [-0.15, -0.1) is 0 Å². The molecule has 0 saturated heterocycles. The fraction of sp³-hybridized carbons (Fsp3) is 0.538. The molecular formula is C13H22N6O2. The molecule has 1 heterocycles. The molecule has 0 aliphatic rings. The summed E-state index contributed by atoms with van der Waals surface area (Å²) in [6, 6.07) is 0. The molecule has 0 fully saturated rings. The number of nitrogens with zero attached hydrogens (tertiary/aromatic N) is 3. The first-order chi connectivity index (χ1) is 9.99. The Bertz CT molecular complexity index is 489. The summed E-state index contributed by atoms with van der Waals surface area (Å²) >= 11 is 0. The number of nitrogens with two attached hydrogens (primary N) is 2. The molecule has 21 heavy (non-hydrogen) atoms. The number of nitrogens with one attached hydrogen (secondary N) is 1. The standard InChI is InChI=1S/C13H22N6O2/c1-3-5-16-12-9(4-2)13(18-8-17-12)19(6-10(14)20)7-11(15)21/h8H,3-7H2,1-2H3,(H2,14,20)(H2,15,21)(H,16,17,18). The number of hydrogen-bond donors (Lipinski definition) is 3. The van der Waals surface area contributed by atoms with E-state index in [0.717, 1.165) is 18.5 Å². The molecule has 1 aromatic heterocycles. The lowest BCUT2D eigenvalue weighted by Gasteiger charge is -2.24. The molecule has 0 bridgehead atoms. The molecule has 0 radical (unpaired) electrons. The topological polar surface area (TPSA) is 127 Å². The Morgan fingerprint density at radius 1 is 1.19 bits per heavy atom. The first kappa shape index (κ1) is 16.7. The van der Waals surface area contributed by atoms with Crippen molar-refractivity contribution >= 4 is 23.5 Å². The summed E-state index contributed by atoms with van der Waals surface area (Å²) in [5, 5.41) is 3.21. The average molecular weight is 294 g/mol. The zero-order valence-corrected chi connectivity index (χ0v) is 12.4. The van der Waals surface area contributed by atoms with Crippen LogP contribution in [0.2, 0.25) is 0 Å². The summed E-state index contributed by atoms with van der Waals surface area (Å²) in [4.78, 5) is 32.2. The van der Waals surface area contributed by atoms with E-state index in [1.54, 1.807) is 0 Å². The van der Waals surface area contributed by atoms with Crippen LogP contribution in [0.15, 0.2) is 6.33 Å². The van der Waals surface area contributed by atoms with Gasteiger partial charge in [0.05, 0.1) is 13.1 Å². The van der Waals surface area contributed by atoms with Gasteiger partial charge in [-0.2, -0.15) is 0 Å². The first-order valence-electron chi connectivity index (χ1n) is 6.88. The van der Waals surface area contributed by atoms with Crippen molar-refractivity contribution in [2.24, 2.45) is 11.5 Å². The van der Waals surface area contributed by atoms with Crippen LogP contribution in [0.5, 0.6) is 0 Å². The Balaban J connectivity index is 3.16. The normalized spacial score (nSPS) is 10.2. The van der Waals surface area contributed by atoms with Gasteiger partial charge in [0.2, 0.25) is 11.8 Å². The van der Waals surface area contributed by atoms with E-state index in [0.29, 0.717) is 18.1 Å². The van der Waals surface area contributed by atoms with Gasteiger partial charge in [0.15, 0.2) is 0 Å². The van der Waals surface area contributed by atoms with Crippen molar-refractivity contribution in [3.63, 3.8) is 0 Å². The van der Waals surface area contributed by atoms with Crippen LogP contribution in [0.25, 0.3) is 0 Å². The third-order valence-corrected chi connectivity index (χ3v) is 2.81. The molecule has 2 amide bonds. The summed E-state index contributed by atoms with van der Waals surface area (Å²) in [6.45, 7) is 4.52. The lowest BCUT2D eigenvalue weighted by atomic mass is 10.2. The van der Waals surface area contributed by atoms with E-state index >= 15 is 0 Å². The highest BCUT2D eigenvalue weighted by Crippen LogP contribution is 2.23. The van der Waals surface area contributed by atoms with Crippen LogP contribution in [-0.4, -0.2) is 41.4 Å². The maximum Gasteiger partial charge on any atom is 0.237 e. The SMILES string of the molecule is CCCNc1ncnc(N(CC(N)=O)CC(N)=O)c1CC. The van der Waals surface area contributed by atoms with Crippen LogP contribution < -0.4 is 21.7 Å². The zero-order chi connectivity index (χ0) is 15.8. The van der Waals surface area contributed by atoms with Crippen molar-refractivity contribution in [3.05, 3.63) is 11.9 Å². The number of amides is 2. The minimum absolute atomic E-state index is 0.125. The number of anilines is 2. The number of aromatic nitrogens is 2. The molecule has 8 nitrogen and oxygen atoms in total. The maximum absolute atomic E-state index is 11.2. The Labute approximate surface area is 123 Å². The van der Waals surface area contributed by atoms with Crippen LogP contribution in [0.3, 0.4) is 0 Å². The molecule has 0 spiro atoms. The van der Waals surface area contributed by atoms with Gasteiger partial charge < -0.3 is 21.7 Å². The molecule has 0 aromatic carbocycles. The number of carbonyl (C=O) groups is 2. The van der Waals surface area contributed by atoms with Gasteiger partial charge in [0, 0.05) is 12.1 Å². The van der Waals surface area contributed by atoms with Gasteiger partial charge in [0.1, 0.15) is 18.0 Å². The molecule has 0 aliphatic heterocycles. The average Bonchev–Trinajstić information content (AvgIpc) is 2.42. The Hall–Kier alpha value is -2.38. The first-order valence-corrected chi connectivity index (χ1v) is 6.88. The molecule has 1 aromatic rings. The lowest BCUT2D eigenvalue weighted by molar-refractivity contribution is -0.117. The highest BCUT2D eigenvalue weighted by molar-refractivity contribution is 5.85. The smallest absolute Gasteiger partial charge is 0.237 e. The van der Waals surface area contributed by atoms with Crippen LogP contribution >= 0.6 is 0 Å². The number of primary amides is 2. The molecule has 0 unspecified atom stereocenters. The Morgan fingerprint density at radius 3 is 2.29 bits per heavy atom. The van der Waals surface area contributed by atoms with Crippen LogP contribution in [0, 0.1) is 0 Å². The fourth-order valence-electron chi connectivity index (χ4n) is 1.98. The molecule has 8 heteroatoms. The molecule has 0 saturated carbocycles. The zero-order valence-electron chi connectivity index (χ0n) is 12.4. The van der Waals surface area contributed by atoms with Crippen molar-refractivity contribution in [1.82, 2.24) is 9.97 Å². The molecule has 0 atom stereocenters. The van der Waals surface area contributed by atoms with Crippen molar-refractivity contribution in [1.29, 1.82) is 0 Å². The molecule has 116 valence electrons. The highest BCUT2D eigenvalue weighted by Gasteiger charge is 2.19. The summed E-state index contributed by atoms with van der Waals surface area (Å²) in [7, 11) is 0. The number of hydrogen-bond acceptors (Lipinski definition) is 6. The summed E-state index contributed by atoms with van der Waals surface area (Å²) in [6.07, 6.45) is 2.99. The van der Waals surface area contributed by atoms with Crippen molar-refractivity contribution in [2.75, 3.05) is 29.9 Å². The van der Waals surface area contributed by atoms with E-state index in [9.17, 15) is 9.59 Å². The van der Waals surface area contributed by atoms with E-state index in [-0.39, 0.29) is 13.1 Å². The monoisotopic (exact) mass is 294 g/mol. The lowest BCUT2D eigenvalue weighted by Crippen LogP contribution is -2.40. The summed E-state index contributed by atoms with van der Waals surface area (Å²) < 4.78 is 0. The van der Waals surface area contributed by atoms with Crippen LogP contribution in [0.1, 0.15) is 25.8 Å². The molecule has 0 aliphatic carbocycles. The van der Waals surface area contributed by atoms with Crippen LogP contribution in [-0.2, 0) is 16.0 Å². The van der Waals surface area contributed by atoms with Gasteiger partial charge in [-0.3, -0.25) is 9.59 Å². The Morgan fingerprint density at radius 2 is 1.81 bits per heavy atom. The number of carbonyl (C=O) groups excluding carboxylic acids is 2. The van der Waals surface area contributed by atoms with Gasteiger partial charge in [-0.05, 0) is 12.8 Å². The van der Waals surface area contributed by atoms with Crippen molar-refractivity contribution < 1.29 is 9.59 Å². The second-order valence-electron chi connectivity index (χ2n) is 4.59. The minimum Gasteiger partial charge on any atom is -0.370 e. The largest absolute Gasteiger partial charge is 0.370 e. The van der Waals surface area contributed by atoms with Gasteiger partial charge in [-0.1, -0.05) is 13.8 Å². The summed E-state index contributed by atoms with van der Waals surface area (Å²) in [5.74, 6) is 0.0898. The summed E-state index contributed by atoms with van der Waals surface area (Å²) in [5.41, 5.74) is 11.3. The van der Waals surface area contributed by atoms with E-state index < -0.39 is 11.8 Å². The van der Waals surface area contributed by atoms with Gasteiger partial charge >= 0.3 is 0 Å². The molecule has 1 rings (SSSR count). The van der Waals surface area contributed by atoms with E-state index in [4.69, 9.17) is 11.5 Å². The third-order valence-electron chi connectivity index (χ3n) is 2.81. The maximum atomic E-state index is 11.2. The predicted molar refractivity (Wildman–Crippen MR) is 80.8 cm³/mol. The Kier molecular flexibility index (Phi) is 6.38. The van der Waals surface area contributed by atoms with Gasteiger partial charge in [-0.25, -0.2) is 9.97 Å². The number of rotatable bonds is 9. The van der Waals surface area contributed by atoms with E-state index in [1.165, 1.54) is 11.2 Å². The minimum atomic E-state index is -0.556. The second-order valence-corrected chi connectivity index (χ2v) is 4.59. The predicted octanol–water partition coefficient (Wildman–Crippen LogP) is -0.362. The van der Waals surface area contributed by atoms with Gasteiger partial charge in [0.25, 0.3) is 0 Å². The van der Waals surface area contributed by atoms with E-state index in [2.05, 4.69) is 15.3 Å². The highest BCUT2D eigenvalue weighted by atomic mass is 16.2. The van der Waals surface area contributed by atoms with Crippen LogP contribution in [0.4, 0.5) is 11.6 Å². The molecular weight excluding hydrogens is 272 g/mol. The fourth-order valence-corrected chi connectivity index (χ4v) is 1.98. The second kappa shape index (κ2) is 8.03. The quantitative estimate of drug-likeness (QED) is 0.570. The third kappa shape index (κ3) is 4.90.